The van der Waals surface area contributed by atoms with Gasteiger partial charge >= 0.3 is 0 Å². The van der Waals surface area contributed by atoms with Gasteiger partial charge in [0, 0.05) is 29.4 Å². The van der Waals surface area contributed by atoms with Crippen molar-refractivity contribution in [1.82, 2.24) is 5.32 Å². The fraction of sp³-hybridized carbons (Fsp3) is 0.385. The summed E-state index contributed by atoms with van der Waals surface area (Å²) >= 11 is 11.7. The number of aliphatic hydroxyl groups is 1. The van der Waals surface area contributed by atoms with Gasteiger partial charge in [-0.25, -0.2) is 0 Å². The van der Waals surface area contributed by atoms with Crippen molar-refractivity contribution in [2.24, 2.45) is 5.92 Å². The van der Waals surface area contributed by atoms with Gasteiger partial charge < -0.3 is 10.4 Å². The Morgan fingerprint density at radius 1 is 1.32 bits per heavy atom. The van der Waals surface area contributed by atoms with Crippen LogP contribution in [-0.4, -0.2) is 23.3 Å². The van der Waals surface area contributed by atoms with Crippen molar-refractivity contribution in [2.45, 2.75) is 18.9 Å². The van der Waals surface area contributed by atoms with Gasteiger partial charge in [0.05, 0.1) is 12.0 Å². The van der Waals surface area contributed by atoms with E-state index in [1.54, 1.807) is 18.2 Å². The van der Waals surface area contributed by atoms with Crippen molar-refractivity contribution >= 4 is 34.9 Å². The molecule has 0 heterocycles. The predicted octanol–water partition coefficient (Wildman–Crippen LogP) is 2.12. The number of carbonyl (C=O) groups excluding carboxylic acids is 2. The molecule has 1 atom stereocenters. The molecule has 1 unspecified atom stereocenters. The lowest BCUT2D eigenvalue weighted by Crippen LogP contribution is -2.40. The highest BCUT2D eigenvalue weighted by atomic mass is 35.5. The van der Waals surface area contributed by atoms with E-state index >= 15 is 0 Å². The monoisotopic (exact) mass is 301 g/mol. The molecule has 4 nitrogen and oxygen atoms in total. The van der Waals surface area contributed by atoms with Crippen molar-refractivity contribution in [1.29, 1.82) is 0 Å². The number of carbonyl (C=O) groups is 2. The van der Waals surface area contributed by atoms with Gasteiger partial charge in [-0.15, -0.1) is 0 Å². The number of aliphatic hydroxyl groups excluding tert-OH is 1. The summed E-state index contributed by atoms with van der Waals surface area (Å²) in [5.74, 6) is -0.350. The van der Waals surface area contributed by atoms with Crippen LogP contribution in [0.5, 0.6) is 0 Å². The van der Waals surface area contributed by atoms with Crippen LogP contribution in [0.2, 0.25) is 10.0 Å². The molecule has 0 aliphatic heterocycles. The second kappa shape index (κ2) is 5.90. The molecule has 2 N–H and O–H groups in total. The number of hydrogen-bond donors (Lipinski definition) is 2. The number of Topliss-reactive ketones (excluding diaryl/α,β-unsaturated/α-hetero) is 1. The van der Waals surface area contributed by atoms with Gasteiger partial charge in [-0.05, 0) is 23.8 Å². The van der Waals surface area contributed by atoms with E-state index in [-0.39, 0.29) is 24.2 Å². The van der Waals surface area contributed by atoms with Crippen LogP contribution in [0.15, 0.2) is 18.2 Å². The molecule has 1 saturated carbocycles. The summed E-state index contributed by atoms with van der Waals surface area (Å²) in [6.07, 6.45) is -0.286. The first-order chi connectivity index (χ1) is 8.95. The SMILES string of the molecule is O=C1CC(C(=O)NCC(O)c2cc(Cl)cc(Cl)c2)C1. The number of rotatable bonds is 4. The molecule has 1 amide bonds. The Bertz CT molecular complexity index is 490. The molecule has 0 radical (unpaired) electrons. The highest BCUT2D eigenvalue weighted by molar-refractivity contribution is 6.34. The third kappa shape index (κ3) is 3.69. The summed E-state index contributed by atoms with van der Waals surface area (Å²) < 4.78 is 0. The first-order valence-corrected chi connectivity index (χ1v) is 6.65. The molecule has 1 aromatic carbocycles. The smallest absolute Gasteiger partial charge is 0.224 e. The summed E-state index contributed by atoms with van der Waals surface area (Å²) in [5.41, 5.74) is 0.544. The molecule has 0 bridgehead atoms. The van der Waals surface area contributed by atoms with E-state index in [0.29, 0.717) is 28.5 Å². The van der Waals surface area contributed by atoms with E-state index in [1.165, 1.54) is 0 Å². The number of ketones is 1. The minimum atomic E-state index is -0.879. The van der Waals surface area contributed by atoms with Gasteiger partial charge in [-0.2, -0.15) is 0 Å². The maximum Gasteiger partial charge on any atom is 0.224 e. The summed E-state index contributed by atoms with van der Waals surface area (Å²) in [6, 6.07) is 4.76. The Balaban J connectivity index is 1.88. The number of nitrogens with one attached hydrogen (secondary N) is 1. The van der Waals surface area contributed by atoms with Crippen molar-refractivity contribution in [3.8, 4) is 0 Å². The van der Waals surface area contributed by atoms with Crippen LogP contribution in [0.25, 0.3) is 0 Å². The third-order valence-corrected chi connectivity index (χ3v) is 3.49. The van der Waals surface area contributed by atoms with Crippen LogP contribution in [0.4, 0.5) is 0 Å². The van der Waals surface area contributed by atoms with Crippen molar-refractivity contribution in [3.63, 3.8) is 0 Å². The normalized spacial score (nSPS) is 16.9. The van der Waals surface area contributed by atoms with E-state index in [1.807, 2.05) is 0 Å². The largest absolute Gasteiger partial charge is 0.387 e. The zero-order chi connectivity index (χ0) is 14.0. The van der Waals surface area contributed by atoms with Crippen LogP contribution in [-0.2, 0) is 9.59 Å². The molecule has 0 spiro atoms. The first kappa shape index (κ1) is 14.3. The molecule has 1 aliphatic carbocycles. The molecule has 102 valence electrons. The van der Waals surface area contributed by atoms with Gasteiger partial charge in [0.1, 0.15) is 5.78 Å². The number of hydrogen-bond acceptors (Lipinski definition) is 3. The molecule has 1 aliphatic rings. The Morgan fingerprint density at radius 3 is 2.42 bits per heavy atom. The number of amides is 1. The molecular weight excluding hydrogens is 289 g/mol. The van der Waals surface area contributed by atoms with Crippen LogP contribution < -0.4 is 5.32 Å². The molecule has 1 aromatic rings. The standard InChI is InChI=1S/C13H13Cl2NO3/c14-9-1-7(2-10(15)5-9)12(18)6-16-13(19)8-3-11(17)4-8/h1-2,5,8,12,18H,3-4,6H2,(H,16,19). The van der Waals surface area contributed by atoms with E-state index < -0.39 is 6.10 Å². The van der Waals surface area contributed by atoms with Gasteiger partial charge in [0.2, 0.25) is 5.91 Å². The number of halogens is 2. The molecular formula is C13H13Cl2NO3. The van der Waals surface area contributed by atoms with E-state index in [4.69, 9.17) is 23.2 Å². The molecule has 2 rings (SSSR count). The van der Waals surface area contributed by atoms with E-state index in [0.717, 1.165) is 0 Å². The average molecular weight is 302 g/mol. The van der Waals surface area contributed by atoms with Crippen LogP contribution in [0.1, 0.15) is 24.5 Å². The maximum atomic E-state index is 11.6. The van der Waals surface area contributed by atoms with Crippen molar-refractivity contribution < 1.29 is 14.7 Å². The van der Waals surface area contributed by atoms with Gasteiger partial charge in [-0.1, -0.05) is 23.2 Å². The van der Waals surface area contributed by atoms with Gasteiger partial charge in [-0.3, -0.25) is 9.59 Å². The van der Waals surface area contributed by atoms with Crippen molar-refractivity contribution in [2.75, 3.05) is 6.54 Å². The molecule has 0 saturated heterocycles. The van der Waals surface area contributed by atoms with Gasteiger partial charge in [0.25, 0.3) is 0 Å². The Hall–Kier alpha value is -1.10. The lowest BCUT2D eigenvalue weighted by molar-refractivity contribution is -0.138. The molecule has 0 aromatic heterocycles. The second-order valence-electron chi connectivity index (χ2n) is 4.61. The number of benzene rings is 1. The minimum absolute atomic E-state index is 0.0696. The maximum absolute atomic E-state index is 11.6. The van der Waals surface area contributed by atoms with Gasteiger partial charge in [0.15, 0.2) is 0 Å². The average Bonchev–Trinajstić information content (AvgIpc) is 2.30. The Morgan fingerprint density at radius 2 is 1.89 bits per heavy atom. The Labute approximate surface area is 120 Å². The predicted molar refractivity (Wildman–Crippen MR) is 72.2 cm³/mol. The summed E-state index contributed by atoms with van der Waals surface area (Å²) in [6.45, 7) is 0.0696. The fourth-order valence-corrected chi connectivity index (χ4v) is 2.45. The lowest BCUT2D eigenvalue weighted by Gasteiger charge is -2.23. The highest BCUT2D eigenvalue weighted by Gasteiger charge is 2.32. The zero-order valence-corrected chi connectivity index (χ0v) is 11.5. The molecule has 6 heteroatoms. The zero-order valence-electron chi connectivity index (χ0n) is 10.0. The van der Waals surface area contributed by atoms with E-state index in [9.17, 15) is 14.7 Å². The van der Waals surface area contributed by atoms with E-state index in [2.05, 4.69) is 5.32 Å². The molecule has 19 heavy (non-hydrogen) atoms. The topological polar surface area (TPSA) is 66.4 Å². The first-order valence-electron chi connectivity index (χ1n) is 5.89. The molecule has 1 fully saturated rings. The quantitative estimate of drug-likeness (QED) is 0.895. The minimum Gasteiger partial charge on any atom is -0.387 e. The second-order valence-corrected chi connectivity index (χ2v) is 5.48. The summed E-state index contributed by atoms with van der Waals surface area (Å²) in [7, 11) is 0. The lowest BCUT2D eigenvalue weighted by atomic mass is 9.83. The van der Waals surface area contributed by atoms with Crippen LogP contribution in [0.3, 0.4) is 0 Å². The van der Waals surface area contributed by atoms with Crippen molar-refractivity contribution in [3.05, 3.63) is 33.8 Å². The summed E-state index contributed by atoms with van der Waals surface area (Å²) in [5, 5.41) is 13.4. The fourth-order valence-electron chi connectivity index (χ4n) is 1.90. The van der Waals surface area contributed by atoms with Crippen LogP contribution >= 0.6 is 23.2 Å². The Kier molecular flexibility index (Phi) is 4.45. The third-order valence-electron chi connectivity index (χ3n) is 3.06. The van der Waals surface area contributed by atoms with Crippen LogP contribution in [0, 0.1) is 5.92 Å². The summed E-state index contributed by atoms with van der Waals surface area (Å²) in [4.78, 5) is 22.4. The highest BCUT2D eigenvalue weighted by Crippen LogP contribution is 2.25.